The van der Waals surface area contributed by atoms with Gasteiger partial charge in [0.25, 0.3) is 0 Å². The summed E-state index contributed by atoms with van der Waals surface area (Å²) in [5.41, 5.74) is 5.36. The van der Waals surface area contributed by atoms with E-state index in [1.165, 1.54) is 13.0 Å². The van der Waals surface area contributed by atoms with Crippen molar-refractivity contribution in [3.63, 3.8) is 0 Å². The minimum absolute atomic E-state index is 0.0406. The minimum Gasteiger partial charge on any atom is -0.387 e. The third-order valence-corrected chi connectivity index (χ3v) is 2.17. The zero-order chi connectivity index (χ0) is 10.9. The molecule has 1 rings (SSSR count). The Kier molecular flexibility index (Phi) is 3.18. The highest BCUT2D eigenvalue weighted by Gasteiger charge is 2.19. The fraction of sp³-hybridized carbons (Fsp3) is 0.400. The van der Waals surface area contributed by atoms with Gasteiger partial charge in [-0.25, -0.2) is 8.78 Å². The molecule has 1 aromatic rings. The van der Waals surface area contributed by atoms with Crippen molar-refractivity contribution >= 4 is 0 Å². The van der Waals surface area contributed by atoms with E-state index in [0.717, 1.165) is 6.07 Å². The first kappa shape index (κ1) is 11.1. The summed E-state index contributed by atoms with van der Waals surface area (Å²) in [5, 5.41) is 9.51. The molecule has 2 unspecified atom stereocenters. The number of nitrogens with two attached hydrogens (primary N) is 1. The van der Waals surface area contributed by atoms with E-state index < -0.39 is 23.8 Å². The lowest BCUT2D eigenvalue weighted by molar-refractivity contribution is 0.148. The first-order valence-electron chi connectivity index (χ1n) is 4.33. The molecule has 0 fully saturated rings. The van der Waals surface area contributed by atoms with Gasteiger partial charge in [0, 0.05) is 17.2 Å². The Balaban J connectivity index is 3.17. The van der Waals surface area contributed by atoms with Gasteiger partial charge in [0.2, 0.25) is 0 Å². The SMILES string of the molecule is Cc1c(F)ccc(C(O)C(C)N)c1F. The predicted octanol–water partition coefficient (Wildman–Crippen LogP) is 1.65. The molecule has 0 heterocycles. The molecule has 2 atom stereocenters. The van der Waals surface area contributed by atoms with Gasteiger partial charge in [0.1, 0.15) is 11.6 Å². The summed E-state index contributed by atoms with van der Waals surface area (Å²) < 4.78 is 26.3. The molecule has 0 aliphatic heterocycles. The fourth-order valence-electron chi connectivity index (χ4n) is 1.19. The molecule has 4 heteroatoms. The molecule has 0 aliphatic rings. The van der Waals surface area contributed by atoms with Crippen molar-refractivity contribution in [2.45, 2.75) is 26.0 Å². The van der Waals surface area contributed by atoms with Gasteiger partial charge in [-0.1, -0.05) is 6.07 Å². The number of benzene rings is 1. The average molecular weight is 201 g/mol. The number of aliphatic hydroxyl groups is 1. The van der Waals surface area contributed by atoms with Crippen LogP contribution in [-0.2, 0) is 0 Å². The Labute approximate surface area is 81.4 Å². The van der Waals surface area contributed by atoms with Gasteiger partial charge in [-0.15, -0.1) is 0 Å². The van der Waals surface area contributed by atoms with E-state index in [0.29, 0.717) is 0 Å². The van der Waals surface area contributed by atoms with Crippen molar-refractivity contribution in [3.8, 4) is 0 Å². The van der Waals surface area contributed by atoms with E-state index >= 15 is 0 Å². The van der Waals surface area contributed by atoms with Crippen LogP contribution in [0.1, 0.15) is 24.2 Å². The fourth-order valence-corrected chi connectivity index (χ4v) is 1.19. The van der Waals surface area contributed by atoms with Crippen molar-refractivity contribution in [2.75, 3.05) is 0 Å². The summed E-state index contributed by atoms with van der Waals surface area (Å²) in [5.74, 6) is -1.35. The standard InChI is InChI=1S/C10H13F2NO/c1-5-8(11)4-3-7(9(5)12)10(14)6(2)13/h3-4,6,10,14H,13H2,1-2H3. The summed E-state index contributed by atoms with van der Waals surface area (Å²) in [6.45, 7) is 2.88. The number of aliphatic hydroxyl groups excluding tert-OH is 1. The predicted molar refractivity (Wildman–Crippen MR) is 49.7 cm³/mol. The molecule has 0 aliphatic carbocycles. The third kappa shape index (κ3) is 1.91. The van der Waals surface area contributed by atoms with E-state index in [-0.39, 0.29) is 11.1 Å². The lowest BCUT2D eigenvalue weighted by Crippen LogP contribution is -2.25. The Morgan fingerprint density at radius 2 is 1.93 bits per heavy atom. The minimum atomic E-state index is -1.10. The van der Waals surface area contributed by atoms with Gasteiger partial charge in [0.05, 0.1) is 6.10 Å². The molecule has 1 aromatic carbocycles. The molecule has 0 spiro atoms. The van der Waals surface area contributed by atoms with Gasteiger partial charge < -0.3 is 10.8 Å². The van der Waals surface area contributed by atoms with Crippen molar-refractivity contribution in [2.24, 2.45) is 5.73 Å². The lowest BCUT2D eigenvalue weighted by Gasteiger charge is -2.16. The van der Waals surface area contributed by atoms with Crippen LogP contribution in [0.4, 0.5) is 8.78 Å². The van der Waals surface area contributed by atoms with Crippen LogP contribution < -0.4 is 5.73 Å². The van der Waals surface area contributed by atoms with Gasteiger partial charge in [-0.05, 0) is 19.9 Å². The highest BCUT2D eigenvalue weighted by molar-refractivity contribution is 5.28. The molecule has 2 nitrogen and oxygen atoms in total. The van der Waals surface area contributed by atoms with Gasteiger partial charge in [-0.3, -0.25) is 0 Å². The Morgan fingerprint density at radius 3 is 2.43 bits per heavy atom. The maximum Gasteiger partial charge on any atom is 0.134 e. The first-order chi connectivity index (χ1) is 6.45. The summed E-state index contributed by atoms with van der Waals surface area (Å²) in [7, 11) is 0. The maximum absolute atomic E-state index is 13.4. The first-order valence-corrected chi connectivity index (χ1v) is 4.33. The zero-order valence-corrected chi connectivity index (χ0v) is 8.09. The number of rotatable bonds is 2. The van der Waals surface area contributed by atoms with Crippen LogP contribution in [0.5, 0.6) is 0 Å². The van der Waals surface area contributed by atoms with Gasteiger partial charge >= 0.3 is 0 Å². The largest absolute Gasteiger partial charge is 0.387 e. The molecular weight excluding hydrogens is 188 g/mol. The second kappa shape index (κ2) is 4.02. The normalized spacial score (nSPS) is 15.3. The molecule has 3 N–H and O–H groups in total. The van der Waals surface area contributed by atoms with Crippen molar-refractivity contribution in [1.29, 1.82) is 0 Å². The topological polar surface area (TPSA) is 46.2 Å². The lowest BCUT2D eigenvalue weighted by atomic mass is 10.0. The van der Waals surface area contributed by atoms with E-state index in [2.05, 4.69) is 0 Å². The van der Waals surface area contributed by atoms with Crippen molar-refractivity contribution in [1.82, 2.24) is 0 Å². The average Bonchev–Trinajstić information content (AvgIpc) is 2.13. The molecule has 0 aromatic heterocycles. The Morgan fingerprint density at radius 1 is 1.36 bits per heavy atom. The Bertz CT molecular complexity index is 339. The number of hydrogen-bond acceptors (Lipinski definition) is 2. The number of halogens is 2. The molecular formula is C10H13F2NO. The van der Waals surface area contributed by atoms with Crippen LogP contribution in [-0.4, -0.2) is 11.1 Å². The summed E-state index contributed by atoms with van der Waals surface area (Å²) >= 11 is 0. The van der Waals surface area contributed by atoms with Crippen LogP contribution in [0, 0.1) is 18.6 Å². The summed E-state index contributed by atoms with van der Waals surface area (Å²) in [6.07, 6.45) is -1.10. The van der Waals surface area contributed by atoms with Gasteiger partial charge in [0.15, 0.2) is 0 Å². The molecule has 0 amide bonds. The van der Waals surface area contributed by atoms with Gasteiger partial charge in [-0.2, -0.15) is 0 Å². The third-order valence-electron chi connectivity index (χ3n) is 2.17. The smallest absolute Gasteiger partial charge is 0.134 e. The quantitative estimate of drug-likeness (QED) is 0.764. The zero-order valence-electron chi connectivity index (χ0n) is 8.09. The van der Waals surface area contributed by atoms with Crippen LogP contribution in [0.3, 0.4) is 0 Å². The second-order valence-electron chi connectivity index (χ2n) is 3.38. The summed E-state index contributed by atoms with van der Waals surface area (Å²) in [4.78, 5) is 0. The molecule has 0 radical (unpaired) electrons. The molecule has 0 saturated heterocycles. The van der Waals surface area contributed by atoms with E-state index in [4.69, 9.17) is 5.73 Å². The van der Waals surface area contributed by atoms with Crippen molar-refractivity contribution in [3.05, 3.63) is 34.9 Å². The van der Waals surface area contributed by atoms with Crippen LogP contribution in [0.25, 0.3) is 0 Å². The summed E-state index contributed by atoms with van der Waals surface area (Å²) in [6, 6.07) is 1.75. The Hall–Kier alpha value is -1.00. The van der Waals surface area contributed by atoms with Crippen molar-refractivity contribution < 1.29 is 13.9 Å². The van der Waals surface area contributed by atoms with E-state index in [1.54, 1.807) is 6.92 Å². The number of hydrogen-bond donors (Lipinski definition) is 2. The highest BCUT2D eigenvalue weighted by atomic mass is 19.1. The van der Waals surface area contributed by atoms with E-state index in [9.17, 15) is 13.9 Å². The van der Waals surface area contributed by atoms with Crippen LogP contribution in [0.2, 0.25) is 0 Å². The molecule has 0 bridgehead atoms. The molecule has 14 heavy (non-hydrogen) atoms. The van der Waals surface area contributed by atoms with Crippen LogP contribution >= 0.6 is 0 Å². The second-order valence-corrected chi connectivity index (χ2v) is 3.38. The monoisotopic (exact) mass is 201 g/mol. The molecule has 0 saturated carbocycles. The van der Waals surface area contributed by atoms with Crippen LogP contribution in [0.15, 0.2) is 12.1 Å². The van der Waals surface area contributed by atoms with E-state index in [1.807, 2.05) is 0 Å². The molecule has 78 valence electrons. The maximum atomic E-state index is 13.4. The highest BCUT2D eigenvalue weighted by Crippen LogP contribution is 2.23.